The van der Waals surface area contributed by atoms with Gasteiger partial charge in [-0.25, -0.2) is 0 Å². The molecule has 0 unspecified atom stereocenters. The Morgan fingerprint density at radius 1 is 1.20 bits per heavy atom. The summed E-state index contributed by atoms with van der Waals surface area (Å²) in [5, 5.41) is 0.531. The lowest BCUT2D eigenvalue weighted by molar-refractivity contribution is -0.139. The summed E-state index contributed by atoms with van der Waals surface area (Å²) < 4.78 is 10.7. The number of anilines is 1. The Balaban J connectivity index is 1.66. The standard InChI is InChI=1S/C23H20ClNO4S/c1-25(18-6-4-3-5-17(18)24)23(27)20-13-15-9-10-29-19-11-14(12-21(26)28-2)7-8-16(19)22(15)30-20/h3-8,11,13H,9-10,12H2,1-2H3. The lowest BCUT2D eigenvalue weighted by Crippen LogP contribution is -2.25. The van der Waals surface area contributed by atoms with E-state index in [1.165, 1.54) is 18.4 Å². The number of nitrogens with zero attached hydrogens (tertiary/aromatic N) is 1. The molecule has 154 valence electrons. The monoisotopic (exact) mass is 441 g/mol. The van der Waals surface area contributed by atoms with Gasteiger partial charge in [-0.2, -0.15) is 0 Å². The van der Waals surface area contributed by atoms with Crippen molar-refractivity contribution in [2.75, 3.05) is 25.7 Å². The number of rotatable bonds is 4. The third-order valence-corrected chi connectivity index (χ3v) is 6.55. The summed E-state index contributed by atoms with van der Waals surface area (Å²) in [6.07, 6.45) is 0.896. The highest BCUT2D eigenvalue weighted by molar-refractivity contribution is 7.17. The number of methoxy groups -OCH3 is 1. The number of esters is 1. The number of hydrogen-bond donors (Lipinski definition) is 0. The zero-order valence-corrected chi connectivity index (χ0v) is 18.2. The molecule has 0 spiro atoms. The molecule has 0 aliphatic carbocycles. The molecule has 0 radical (unpaired) electrons. The highest BCUT2D eigenvalue weighted by Gasteiger charge is 2.24. The molecule has 7 heteroatoms. The van der Waals surface area contributed by atoms with Crippen LogP contribution in [0, 0.1) is 0 Å². The smallest absolute Gasteiger partial charge is 0.309 e. The fraction of sp³-hybridized carbons (Fsp3) is 0.217. The minimum atomic E-state index is -0.295. The average molecular weight is 442 g/mol. The number of para-hydroxylation sites is 1. The van der Waals surface area contributed by atoms with Crippen LogP contribution in [0.3, 0.4) is 0 Å². The van der Waals surface area contributed by atoms with Crippen molar-refractivity contribution >= 4 is 40.5 Å². The number of fused-ring (bicyclic) bond motifs is 3. The summed E-state index contributed by atoms with van der Waals surface area (Å²) in [6, 6.07) is 14.9. The van der Waals surface area contributed by atoms with Crippen molar-refractivity contribution in [3.05, 3.63) is 69.6 Å². The van der Waals surface area contributed by atoms with Crippen molar-refractivity contribution in [3.63, 3.8) is 0 Å². The fourth-order valence-corrected chi connectivity index (χ4v) is 4.92. The SMILES string of the molecule is COC(=O)Cc1ccc2c(c1)OCCc1cc(C(=O)N(C)c3ccccc3Cl)sc1-2. The molecular weight excluding hydrogens is 422 g/mol. The quantitative estimate of drug-likeness (QED) is 0.535. The van der Waals surface area contributed by atoms with E-state index >= 15 is 0 Å². The average Bonchev–Trinajstić information content (AvgIpc) is 3.09. The van der Waals surface area contributed by atoms with Crippen LogP contribution in [0.2, 0.25) is 5.02 Å². The first-order valence-electron chi connectivity index (χ1n) is 9.46. The second-order valence-electron chi connectivity index (χ2n) is 6.96. The molecule has 1 amide bonds. The van der Waals surface area contributed by atoms with Crippen molar-refractivity contribution < 1.29 is 19.1 Å². The van der Waals surface area contributed by atoms with E-state index in [9.17, 15) is 9.59 Å². The van der Waals surface area contributed by atoms with Gasteiger partial charge in [0.2, 0.25) is 0 Å². The van der Waals surface area contributed by atoms with Gasteiger partial charge in [-0.15, -0.1) is 11.3 Å². The first kappa shape index (κ1) is 20.4. The summed E-state index contributed by atoms with van der Waals surface area (Å²) >= 11 is 7.71. The Morgan fingerprint density at radius 2 is 2.00 bits per heavy atom. The molecular formula is C23H20ClNO4S. The maximum atomic E-state index is 13.1. The minimum absolute atomic E-state index is 0.106. The zero-order valence-electron chi connectivity index (χ0n) is 16.6. The Labute approximate surface area is 183 Å². The summed E-state index contributed by atoms with van der Waals surface area (Å²) in [6.45, 7) is 0.506. The van der Waals surface area contributed by atoms with Gasteiger partial charge in [-0.3, -0.25) is 9.59 Å². The number of amides is 1. The number of hydrogen-bond acceptors (Lipinski definition) is 5. The molecule has 0 atom stereocenters. The Morgan fingerprint density at radius 3 is 2.77 bits per heavy atom. The molecule has 1 aromatic heterocycles. The summed E-state index contributed by atoms with van der Waals surface area (Å²) in [4.78, 5) is 27.9. The molecule has 4 rings (SSSR count). The van der Waals surface area contributed by atoms with E-state index in [1.54, 1.807) is 18.0 Å². The third kappa shape index (κ3) is 3.93. The number of thiophene rings is 1. The summed E-state index contributed by atoms with van der Waals surface area (Å²) in [5.74, 6) is 0.317. The largest absolute Gasteiger partial charge is 0.493 e. The van der Waals surface area contributed by atoms with Gasteiger partial charge >= 0.3 is 5.97 Å². The fourth-order valence-electron chi connectivity index (χ4n) is 3.44. The van der Waals surface area contributed by atoms with E-state index < -0.39 is 0 Å². The summed E-state index contributed by atoms with van der Waals surface area (Å²) in [5.41, 5.74) is 3.51. The maximum Gasteiger partial charge on any atom is 0.309 e. The molecule has 2 heterocycles. The predicted molar refractivity (Wildman–Crippen MR) is 119 cm³/mol. The van der Waals surface area contributed by atoms with Crippen molar-refractivity contribution in [1.29, 1.82) is 0 Å². The molecule has 0 N–H and O–H groups in total. The van der Waals surface area contributed by atoms with Crippen molar-refractivity contribution in [1.82, 2.24) is 0 Å². The number of halogens is 1. The van der Waals surface area contributed by atoms with Gasteiger partial charge < -0.3 is 14.4 Å². The molecule has 1 aliphatic heterocycles. The van der Waals surface area contributed by atoms with Crippen LogP contribution in [0.1, 0.15) is 20.8 Å². The van der Waals surface area contributed by atoms with E-state index in [4.69, 9.17) is 21.1 Å². The molecule has 0 saturated heterocycles. The second kappa shape index (κ2) is 8.50. The molecule has 1 aliphatic rings. The van der Waals surface area contributed by atoms with Crippen molar-refractivity contribution in [2.24, 2.45) is 0 Å². The number of ether oxygens (including phenoxy) is 2. The van der Waals surface area contributed by atoms with Crippen molar-refractivity contribution in [2.45, 2.75) is 12.8 Å². The van der Waals surface area contributed by atoms with Gasteiger partial charge in [0.15, 0.2) is 0 Å². The molecule has 30 heavy (non-hydrogen) atoms. The first-order chi connectivity index (χ1) is 14.5. The molecule has 0 fully saturated rings. The lowest BCUT2D eigenvalue weighted by Gasteiger charge is -2.17. The second-order valence-corrected chi connectivity index (χ2v) is 8.42. The highest BCUT2D eigenvalue weighted by Crippen LogP contribution is 2.42. The molecule has 0 saturated carbocycles. The zero-order chi connectivity index (χ0) is 21.3. The third-order valence-electron chi connectivity index (χ3n) is 5.03. The van der Waals surface area contributed by atoms with Crippen LogP contribution in [-0.2, 0) is 22.4 Å². The van der Waals surface area contributed by atoms with Crippen LogP contribution >= 0.6 is 22.9 Å². The highest BCUT2D eigenvalue weighted by atomic mass is 35.5. The molecule has 2 aromatic carbocycles. The van der Waals surface area contributed by atoms with Crippen LogP contribution in [0.4, 0.5) is 5.69 Å². The van der Waals surface area contributed by atoms with Crippen LogP contribution in [-0.4, -0.2) is 32.6 Å². The van der Waals surface area contributed by atoms with Gasteiger partial charge in [-0.1, -0.05) is 29.8 Å². The first-order valence-corrected chi connectivity index (χ1v) is 10.7. The van der Waals surface area contributed by atoms with Crippen LogP contribution < -0.4 is 9.64 Å². The number of carbonyl (C=O) groups excluding carboxylic acids is 2. The van der Waals surface area contributed by atoms with Gasteiger partial charge in [0.25, 0.3) is 5.91 Å². The number of benzene rings is 2. The van der Waals surface area contributed by atoms with E-state index in [0.29, 0.717) is 28.6 Å². The van der Waals surface area contributed by atoms with Gasteiger partial charge in [0.1, 0.15) is 5.75 Å². The molecule has 3 aromatic rings. The lowest BCUT2D eigenvalue weighted by atomic mass is 10.0. The normalized spacial score (nSPS) is 12.2. The predicted octanol–water partition coefficient (Wildman–Crippen LogP) is 5.00. The van der Waals surface area contributed by atoms with E-state index in [1.807, 2.05) is 42.5 Å². The summed E-state index contributed by atoms with van der Waals surface area (Å²) in [7, 11) is 3.10. The molecule has 0 bridgehead atoms. The van der Waals surface area contributed by atoms with Gasteiger partial charge in [0, 0.05) is 23.9 Å². The van der Waals surface area contributed by atoms with Crippen molar-refractivity contribution in [3.8, 4) is 16.2 Å². The number of carbonyl (C=O) groups is 2. The molecule has 5 nitrogen and oxygen atoms in total. The van der Waals surface area contributed by atoms with Gasteiger partial charge in [0.05, 0.1) is 35.7 Å². The van der Waals surface area contributed by atoms with E-state index in [2.05, 4.69) is 0 Å². The van der Waals surface area contributed by atoms with E-state index in [0.717, 1.165) is 27.3 Å². The maximum absolute atomic E-state index is 13.1. The van der Waals surface area contributed by atoms with Gasteiger partial charge in [-0.05, 0) is 41.5 Å². The topological polar surface area (TPSA) is 55.8 Å². The Bertz CT molecular complexity index is 1120. The van der Waals surface area contributed by atoms with Crippen LogP contribution in [0.25, 0.3) is 10.4 Å². The van der Waals surface area contributed by atoms with E-state index in [-0.39, 0.29) is 18.3 Å². The Kier molecular flexibility index (Phi) is 5.79. The van der Waals surface area contributed by atoms with Crippen LogP contribution in [0.15, 0.2) is 48.5 Å². The Hall–Kier alpha value is -2.83. The van der Waals surface area contributed by atoms with Crippen LogP contribution in [0.5, 0.6) is 5.75 Å². The minimum Gasteiger partial charge on any atom is -0.493 e.